The number of β-amino-alcohol motifs (C(OH)–C–C–N with tert-alkyl or cyclic N) is 1. The van der Waals surface area contributed by atoms with Crippen LogP contribution in [0.5, 0.6) is 5.75 Å². The lowest BCUT2D eigenvalue weighted by atomic mass is 10.2. The molecule has 25 heavy (non-hydrogen) atoms. The summed E-state index contributed by atoms with van der Waals surface area (Å²) >= 11 is 0. The number of hydrogen-bond acceptors (Lipinski definition) is 5. The zero-order chi connectivity index (χ0) is 17.8. The van der Waals surface area contributed by atoms with E-state index in [1.807, 2.05) is 17.1 Å². The number of aliphatic hydroxyl groups is 1. The summed E-state index contributed by atoms with van der Waals surface area (Å²) in [6, 6.07) is 6.24. The summed E-state index contributed by atoms with van der Waals surface area (Å²) in [5, 5.41) is 23.5. The lowest BCUT2D eigenvalue weighted by molar-refractivity contribution is 0.0693. The Morgan fingerprint density at radius 1 is 1.32 bits per heavy atom. The zero-order valence-electron chi connectivity index (χ0n) is 14.2. The van der Waals surface area contributed by atoms with Gasteiger partial charge in [-0.15, -0.1) is 0 Å². The van der Waals surface area contributed by atoms with E-state index >= 15 is 0 Å². The van der Waals surface area contributed by atoms with Gasteiger partial charge in [0.15, 0.2) is 0 Å². The van der Waals surface area contributed by atoms with Gasteiger partial charge in [0.25, 0.3) is 0 Å². The zero-order valence-corrected chi connectivity index (χ0v) is 14.2. The fourth-order valence-electron chi connectivity index (χ4n) is 3.03. The Bertz CT molecular complexity index is 713. The number of nitrogens with zero attached hydrogens (tertiary/aromatic N) is 3. The highest BCUT2D eigenvalue weighted by atomic mass is 16.5. The second-order valence-corrected chi connectivity index (χ2v) is 6.36. The molecular formula is C18H23N3O4. The van der Waals surface area contributed by atoms with Crippen LogP contribution in [0.25, 0.3) is 0 Å². The molecular weight excluding hydrogens is 322 g/mol. The Morgan fingerprint density at radius 2 is 2.08 bits per heavy atom. The summed E-state index contributed by atoms with van der Waals surface area (Å²) < 4.78 is 7.76. The smallest absolute Gasteiger partial charge is 0.335 e. The van der Waals surface area contributed by atoms with Gasteiger partial charge in [-0.25, -0.2) is 4.79 Å². The van der Waals surface area contributed by atoms with Gasteiger partial charge < -0.3 is 14.9 Å². The number of benzene rings is 1. The highest BCUT2D eigenvalue weighted by molar-refractivity contribution is 5.87. The number of likely N-dealkylation sites (tertiary alicyclic amines) is 1. The molecule has 0 radical (unpaired) electrons. The van der Waals surface area contributed by atoms with Crippen molar-refractivity contribution < 1.29 is 19.7 Å². The van der Waals surface area contributed by atoms with Gasteiger partial charge in [0.1, 0.15) is 18.0 Å². The minimum Gasteiger partial charge on any atom is -0.486 e. The van der Waals surface area contributed by atoms with Gasteiger partial charge in [-0.05, 0) is 30.7 Å². The van der Waals surface area contributed by atoms with E-state index in [1.165, 1.54) is 12.1 Å². The molecule has 0 saturated carbocycles. The molecule has 0 spiro atoms. The predicted octanol–water partition coefficient (Wildman–Crippen LogP) is 1.62. The third kappa shape index (κ3) is 4.37. The van der Waals surface area contributed by atoms with Crippen molar-refractivity contribution in [2.45, 2.75) is 38.6 Å². The number of carboxylic acid groups (broad SMARTS) is 1. The van der Waals surface area contributed by atoms with E-state index in [0.717, 1.165) is 25.1 Å². The van der Waals surface area contributed by atoms with E-state index in [-0.39, 0.29) is 11.7 Å². The van der Waals surface area contributed by atoms with Crippen molar-refractivity contribution in [2.24, 2.45) is 0 Å². The maximum Gasteiger partial charge on any atom is 0.335 e. The van der Waals surface area contributed by atoms with Crippen molar-refractivity contribution in [1.82, 2.24) is 14.7 Å². The van der Waals surface area contributed by atoms with Crippen LogP contribution in [-0.2, 0) is 13.1 Å². The molecule has 1 aliphatic heterocycles. The molecule has 3 rings (SSSR count). The fourth-order valence-corrected chi connectivity index (χ4v) is 3.03. The van der Waals surface area contributed by atoms with E-state index in [1.54, 1.807) is 12.1 Å². The molecule has 2 heterocycles. The standard InChI is InChI=1S/C18H23N3O4/c1-2-7-21-10-13(8-19-21)9-20-11-16(22)17(12-20)25-15-5-3-14(4-6-15)18(23)24/h3-6,8,10,16-17,22H,2,7,9,11-12H2,1H3,(H,23,24)/t16-,17-/m1/s1. The van der Waals surface area contributed by atoms with Crippen molar-refractivity contribution in [2.75, 3.05) is 13.1 Å². The average Bonchev–Trinajstić information content (AvgIpc) is 3.15. The summed E-state index contributed by atoms with van der Waals surface area (Å²) in [6.07, 6.45) is 4.03. The maximum atomic E-state index is 10.9. The van der Waals surface area contributed by atoms with Crippen LogP contribution in [-0.4, -0.2) is 56.2 Å². The molecule has 0 bridgehead atoms. The van der Waals surface area contributed by atoms with Crippen LogP contribution in [0.3, 0.4) is 0 Å². The van der Waals surface area contributed by atoms with E-state index in [4.69, 9.17) is 9.84 Å². The Morgan fingerprint density at radius 3 is 2.76 bits per heavy atom. The third-order valence-electron chi connectivity index (χ3n) is 4.25. The molecule has 2 N–H and O–H groups in total. The van der Waals surface area contributed by atoms with Crippen LogP contribution < -0.4 is 4.74 Å². The summed E-state index contributed by atoms with van der Waals surface area (Å²) in [5.41, 5.74) is 1.33. The van der Waals surface area contributed by atoms with Crippen molar-refractivity contribution >= 4 is 5.97 Å². The first-order valence-electron chi connectivity index (χ1n) is 8.47. The monoisotopic (exact) mass is 345 g/mol. The molecule has 1 fully saturated rings. The van der Waals surface area contributed by atoms with Crippen LogP contribution in [0.1, 0.15) is 29.3 Å². The molecule has 7 heteroatoms. The molecule has 0 amide bonds. The highest BCUT2D eigenvalue weighted by Gasteiger charge is 2.33. The number of aromatic nitrogens is 2. The van der Waals surface area contributed by atoms with Crippen LogP contribution in [0.15, 0.2) is 36.7 Å². The van der Waals surface area contributed by atoms with Crippen LogP contribution >= 0.6 is 0 Å². The van der Waals surface area contributed by atoms with Crippen molar-refractivity contribution in [1.29, 1.82) is 0 Å². The first kappa shape index (κ1) is 17.4. The fraction of sp³-hybridized carbons (Fsp3) is 0.444. The van der Waals surface area contributed by atoms with Crippen LogP contribution in [0.2, 0.25) is 0 Å². The van der Waals surface area contributed by atoms with E-state index in [9.17, 15) is 9.90 Å². The SMILES string of the molecule is CCCn1cc(CN2C[C@@H](O)[C@H](Oc3ccc(C(=O)O)cc3)C2)cn1. The lowest BCUT2D eigenvalue weighted by Crippen LogP contribution is -2.29. The first-order valence-corrected chi connectivity index (χ1v) is 8.47. The highest BCUT2D eigenvalue weighted by Crippen LogP contribution is 2.21. The number of aromatic carboxylic acids is 1. The number of ether oxygens (including phenoxy) is 1. The summed E-state index contributed by atoms with van der Waals surface area (Å²) in [7, 11) is 0. The van der Waals surface area contributed by atoms with Gasteiger partial charge in [-0.3, -0.25) is 9.58 Å². The molecule has 0 aliphatic carbocycles. The van der Waals surface area contributed by atoms with Crippen molar-refractivity contribution in [3.8, 4) is 5.75 Å². The molecule has 1 aromatic heterocycles. The Kier molecular flexibility index (Phi) is 5.35. The van der Waals surface area contributed by atoms with Gasteiger partial charge >= 0.3 is 5.97 Å². The molecule has 0 unspecified atom stereocenters. The molecule has 1 aliphatic rings. The largest absolute Gasteiger partial charge is 0.486 e. The minimum absolute atomic E-state index is 0.213. The molecule has 2 atom stereocenters. The summed E-state index contributed by atoms with van der Waals surface area (Å²) in [4.78, 5) is 13.0. The average molecular weight is 345 g/mol. The molecule has 1 saturated heterocycles. The van der Waals surface area contributed by atoms with Gasteiger partial charge in [0.05, 0.1) is 11.8 Å². The number of aliphatic hydroxyl groups excluding tert-OH is 1. The van der Waals surface area contributed by atoms with Crippen molar-refractivity contribution in [3.05, 3.63) is 47.8 Å². The number of carbonyl (C=O) groups is 1. The molecule has 1 aromatic carbocycles. The van der Waals surface area contributed by atoms with Gasteiger partial charge in [0, 0.05) is 37.9 Å². The number of rotatable bonds is 7. The predicted molar refractivity (Wildman–Crippen MR) is 91.6 cm³/mol. The minimum atomic E-state index is -0.970. The topological polar surface area (TPSA) is 87.8 Å². The summed E-state index contributed by atoms with van der Waals surface area (Å²) in [6.45, 7) is 4.89. The van der Waals surface area contributed by atoms with Gasteiger partial charge in [-0.1, -0.05) is 6.92 Å². The molecule has 7 nitrogen and oxygen atoms in total. The molecule has 134 valence electrons. The first-order chi connectivity index (χ1) is 12.0. The van der Waals surface area contributed by atoms with Gasteiger partial charge in [0.2, 0.25) is 0 Å². The van der Waals surface area contributed by atoms with E-state index < -0.39 is 12.1 Å². The van der Waals surface area contributed by atoms with Gasteiger partial charge in [-0.2, -0.15) is 5.10 Å². The second kappa shape index (κ2) is 7.67. The number of aryl methyl sites for hydroxylation is 1. The Hall–Kier alpha value is -2.38. The van der Waals surface area contributed by atoms with Crippen molar-refractivity contribution in [3.63, 3.8) is 0 Å². The second-order valence-electron chi connectivity index (χ2n) is 6.36. The van der Waals surface area contributed by atoms with E-state index in [2.05, 4.69) is 16.9 Å². The Balaban J connectivity index is 1.56. The normalized spacial score (nSPS) is 20.7. The molecule has 2 aromatic rings. The maximum absolute atomic E-state index is 10.9. The summed E-state index contributed by atoms with van der Waals surface area (Å²) in [5.74, 6) is -0.408. The number of carboxylic acids is 1. The third-order valence-corrected chi connectivity index (χ3v) is 4.25. The van der Waals surface area contributed by atoms with E-state index in [0.29, 0.717) is 18.8 Å². The van der Waals surface area contributed by atoms with Crippen LogP contribution in [0, 0.1) is 0 Å². The van der Waals surface area contributed by atoms with Crippen LogP contribution in [0.4, 0.5) is 0 Å². The Labute approximate surface area is 146 Å². The number of hydrogen-bond donors (Lipinski definition) is 2. The lowest BCUT2D eigenvalue weighted by Gasteiger charge is -2.17. The quantitative estimate of drug-likeness (QED) is 0.793.